The van der Waals surface area contributed by atoms with Crippen molar-refractivity contribution in [2.24, 2.45) is 5.73 Å². The Morgan fingerprint density at radius 2 is 2.00 bits per heavy atom. The molecule has 0 aromatic carbocycles. The van der Waals surface area contributed by atoms with Gasteiger partial charge in [0, 0.05) is 25.2 Å². The van der Waals surface area contributed by atoms with Gasteiger partial charge in [-0.15, -0.1) is 12.4 Å². The summed E-state index contributed by atoms with van der Waals surface area (Å²) in [6, 6.07) is 0.736. The van der Waals surface area contributed by atoms with Crippen LogP contribution in [0.2, 0.25) is 0 Å². The first-order valence-electron chi connectivity index (χ1n) is 7.48. The van der Waals surface area contributed by atoms with Crippen LogP contribution in [-0.2, 0) is 4.79 Å². The van der Waals surface area contributed by atoms with Crippen LogP contribution >= 0.6 is 12.4 Å². The van der Waals surface area contributed by atoms with E-state index < -0.39 is 0 Å². The van der Waals surface area contributed by atoms with Crippen LogP contribution in [0.1, 0.15) is 45.4 Å². The first kappa shape index (κ1) is 16.7. The number of hydrogen-bond donors (Lipinski definition) is 1. The molecule has 19 heavy (non-hydrogen) atoms. The Bertz CT molecular complexity index is 288. The Hall–Kier alpha value is -0.320. The zero-order chi connectivity index (χ0) is 13.0. The fourth-order valence-electron chi connectivity index (χ4n) is 3.27. The van der Waals surface area contributed by atoms with E-state index in [9.17, 15) is 4.79 Å². The summed E-state index contributed by atoms with van der Waals surface area (Å²) in [5.41, 5.74) is 5.97. The van der Waals surface area contributed by atoms with E-state index in [2.05, 4.69) is 16.7 Å². The van der Waals surface area contributed by atoms with Crippen LogP contribution in [0.25, 0.3) is 0 Å². The van der Waals surface area contributed by atoms with Crippen LogP contribution < -0.4 is 5.73 Å². The molecule has 0 aliphatic carbocycles. The van der Waals surface area contributed by atoms with Gasteiger partial charge in [0.1, 0.15) is 0 Å². The topological polar surface area (TPSA) is 49.6 Å². The van der Waals surface area contributed by atoms with Crippen molar-refractivity contribution >= 4 is 18.3 Å². The van der Waals surface area contributed by atoms with Crippen LogP contribution in [0.15, 0.2) is 0 Å². The summed E-state index contributed by atoms with van der Waals surface area (Å²) in [5, 5.41) is 0. The third kappa shape index (κ3) is 4.62. The van der Waals surface area contributed by atoms with Gasteiger partial charge < -0.3 is 10.6 Å². The molecule has 2 aliphatic rings. The molecule has 5 heteroatoms. The minimum absolute atomic E-state index is 0. The molecule has 2 rings (SSSR count). The van der Waals surface area contributed by atoms with Crippen molar-refractivity contribution in [1.29, 1.82) is 0 Å². The van der Waals surface area contributed by atoms with Crippen LogP contribution in [0.3, 0.4) is 0 Å². The summed E-state index contributed by atoms with van der Waals surface area (Å²) >= 11 is 0. The molecule has 0 spiro atoms. The molecular weight excluding hydrogens is 262 g/mol. The van der Waals surface area contributed by atoms with Gasteiger partial charge in [0.2, 0.25) is 5.91 Å². The highest BCUT2D eigenvalue weighted by Crippen LogP contribution is 2.20. The molecule has 0 saturated carbocycles. The van der Waals surface area contributed by atoms with E-state index in [0.29, 0.717) is 18.5 Å². The maximum Gasteiger partial charge on any atom is 0.236 e. The number of nitrogens with zero attached hydrogens (tertiary/aromatic N) is 2. The third-order valence-corrected chi connectivity index (χ3v) is 4.32. The maximum atomic E-state index is 12.4. The summed E-state index contributed by atoms with van der Waals surface area (Å²) in [7, 11) is 0. The number of halogens is 1. The van der Waals surface area contributed by atoms with Crippen LogP contribution in [-0.4, -0.2) is 54.0 Å². The molecule has 0 aromatic heterocycles. The molecule has 4 nitrogen and oxygen atoms in total. The van der Waals surface area contributed by atoms with Gasteiger partial charge in [-0.1, -0.05) is 6.92 Å². The Labute approximate surface area is 123 Å². The fraction of sp³-hybridized carbons (Fsp3) is 0.929. The second kappa shape index (κ2) is 8.08. The van der Waals surface area contributed by atoms with Gasteiger partial charge in [0.25, 0.3) is 0 Å². The van der Waals surface area contributed by atoms with Gasteiger partial charge in [-0.2, -0.15) is 0 Å². The van der Waals surface area contributed by atoms with Gasteiger partial charge in [0.05, 0.1) is 6.54 Å². The number of nitrogens with two attached hydrogens (primary N) is 1. The zero-order valence-electron chi connectivity index (χ0n) is 12.0. The molecule has 2 N–H and O–H groups in total. The number of hydrogen-bond acceptors (Lipinski definition) is 3. The average molecular weight is 290 g/mol. The minimum Gasteiger partial charge on any atom is -0.339 e. The van der Waals surface area contributed by atoms with Gasteiger partial charge in [-0.3, -0.25) is 9.69 Å². The number of piperidine rings is 2. The molecule has 0 aromatic rings. The summed E-state index contributed by atoms with van der Waals surface area (Å²) in [4.78, 5) is 16.7. The number of carbonyl (C=O) groups excluding carboxylic acids is 1. The lowest BCUT2D eigenvalue weighted by molar-refractivity contribution is -0.136. The SMILES string of the molecule is CCC1CCCCN1C(=O)CN1CCC[C@@H](N)C1.Cl. The van der Waals surface area contributed by atoms with Crippen molar-refractivity contribution in [2.45, 2.75) is 57.5 Å². The highest BCUT2D eigenvalue weighted by Gasteiger charge is 2.27. The van der Waals surface area contributed by atoms with Crippen molar-refractivity contribution in [3.05, 3.63) is 0 Å². The maximum absolute atomic E-state index is 12.4. The summed E-state index contributed by atoms with van der Waals surface area (Å²) in [6.07, 6.45) is 6.95. The Kier molecular flexibility index (Phi) is 7.11. The van der Waals surface area contributed by atoms with Gasteiger partial charge in [0.15, 0.2) is 0 Å². The predicted octanol–water partition coefficient (Wildman–Crippen LogP) is 1.62. The zero-order valence-corrected chi connectivity index (χ0v) is 12.8. The van der Waals surface area contributed by atoms with Gasteiger partial charge in [-0.05, 0) is 45.1 Å². The second-order valence-electron chi connectivity index (χ2n) is 5.78. The molecule has 2 atom stereocenters. The van der Waals surface area contributed by atoms with Crippen molar-refractivity contribution in [3.63, 3.8) is 0 Å². The van der Waals surface area contributed by atoms with E-state index >= 15 is 0 Å². The first-order valence-corrected chi connectivity index (χ1v) is 7.48. The molecule has 112 valence electrons. The molecule has 0 bridgehead atoms. The van der Waals surface area contributed by atoms with Crippen molar-refractivity contribution in [2.75, 3.05) is 26.2 Å². The second-order valence-corrected chi connectivity index (χ2v) is 5.78. The molecule has 2 aliphatic heterocycles. The van der Waals surface area contributed by atoms with Gasteiger partial charge >= 0.3 is 0 Å². The smallest absolute Gasteiger partial charge is 0.236 e. The Morgan fingerprint density at radius 1 is 1.21 bits per heavy atom. The molecule has 1 amide bonds. The van der Waals surface area contributed by atoms with E-state index in [1.165, 1.54) is 19.3 Å². The van der Waals surface area contributed by atoms with E-state index in [0.717, 1.165) is 38.9 Å². The van der Waals surface area contributed by atoms with Crippen LogP contribution in [0.5, 0.6) is 0 Å². The molecule has 2 heterocycles. The predicted molar refractivity (Wildman–Crippen MR) is 80.5 cm³/mol. The van der Waals surface area contributed by atoms with E-state index in [1.807, 2.05) is 0 Å². The molecule has 2 fully saturated rings. The van der Waals surface area contributed by atoms with Crippen molar-refractivity contribution in [1.82, 2.24) is 9.80 Å². The molecule has 0 radical (unpaired) electrons. The van der Waals surface area contributed by atoms with Gasteiger partial charge in [-0.25, -0.2) is 0 Å². The molecule has 1 unspecified atom stereocenters. The molecule has 2 saturated heterocycles. The number of carbonyl (C=O) groups is 1. The van der Waals surface area contributed by atoms with E-state index in [1.54, 1.807) is 0 Å². The van der Waals surface area contributed by atoms with Crippen LogP contribution in [0.4, 0.5) is 0 Å². The first-order chi connectivity index (χ1) is 8.70. The van der Waals surface area contributed by atoms with E-state index in [4.69, 9.17) is 5.73 Å². The van der Waals surface area contributed by atoms with Crippen molar-refractivity contribution in [3.8, 4) is 0 Å². The van der Waals surface area contributed by atoms with Crippen LogP contribution in [0, 0.1) is 0 Å². The number of rotatable bonds is 3. The summed E-state index contributed by atoms with van der Waals surface area (Å²) < 4.78 is 0. The standard InChI is InChI=1S/C14H27N3O.ClH/c1-2-13-7-3-4-9-17(13)14(18)11-16-8-5-6-12(15)10-16;/h12-13H,2-11,15H2,1H3;1H/t12-,13?;/m1./s1. The quantitative estimate of drug-likeness (QED) is 0.859. The Morgan fingerprint density at radius 3 is 2.68 bits per heavy atom. The normalized spacial score (nSPS) is 28.8. The third-order valence-electron chi connectivity index (χ3n) is 4.32. The largest absolute Gasteiger partial charge is 0.339 e. The fourth-order valence-corrected chi connectivity index (χ4v) is 3.27. The highest BCUT2D eigenvalue weighted by atomic mass is 35.5. The van der Waals surface area contributed by atoms with Crippen molar-refractivity contribution < 1.29 is 4.79 Å². The minimum atomic E-state index is 0. The number of likely N-dealkylation sites (tertiary alicyclic amines) is 2. The summed E-state index contributed by atoms with van der Waals surface area (Å²) in [6.45, 7) is 5.63. The lowest BCUT2D eigenvalue weighted by atomic mass is 10.00. The average Bonchev–Trinajstić information content (AvgIpc) is 2.38. The number of amides is 1. The lowest BCUT2D eigenvalue weighted by Gasteiger charge is -2.38. The highest BCUT2D eigenvalue weighted by molar-refractivity contribution is 5.85. The van der Waals surface area contributed by atoms with E-state index in [-0.39, 0.29) is 18.4 Å². The Balaban J connectivity index is 0.00000180. The summed E-state index contributed by atoms with van der Waals surface area (Å²) in [5.74, 6) is 0.315. The lowest BCUT2D eigenvalue weighted by Crippen LogP contribution is -2.51. The monoisotopic (exact) mass is 289 g/mol. The molecular formula is C14H28ClN3O.